The second-order valence-electron chi connectivity index (χ2n) is 8.74. The molecule has 1 aromatic carbocycles. The normalized spacial score (nSPS) is 14.9. The largest absolute Gasteiger partial charge is 0.352 e. The van der Waals surface area contributed by atoms with Gasteiger partial charge >= 0.3 is 0 Å². The van der Waals surface area contributed by atoms with Crippen LogP contribution in [0.2, 0.25) is 5.02 Å². The van der Waals surface area contributed by atoms with E-state index in [9.17, 15) is 4.79 Å². The molecule has 0 aliphatic heterocycles. The van der Waals surface area contributed by atoms with Gasteiger partial charge in [0.05, 0.1) is 11.7 Å². The first-order valence-electron chi connectivity index (χ1n) is 11.9. The molecular formula is C27H31BrClN4O+. The van der Waals surface area contributed by atoms with E-state index in [1.165, 1.54) is 16.7 Å². The molecule has 1 N–H and O–H groups in total. The van der Waals surface area contributed by atoms with E-state index in [1.54, 1.807) is 12.4 Å². The first-order valence-corrected chi connectivity index (χ1v) is 13.1. The van der Waals surface area contributed by atoms with Gasteiger partial charge in [0.15, 0.2) is 11.6 Å². The number of hydrogen-bond donors (Lipinski definition) is 1. The fourth-order valence-electron chi connectivity index (χ4n) is 4.56. The van der Waals surface area contributed by atoms with E-state index in [0.717, 1.165) is 53.0 Å². The molecule has 0 saturated carbocycles. The van der Waals surface area contributed by atoms with Crippen LogP contribution in [-0.2, 0) is 24.2 Å². The minimum Gasteiger partial charge on any atom is -0.352 e. The van der Waals surface area contributed by atoms with Gasteiger partial charge < -0.3 is 5.32 Å². The van der Waals surface area contributed by atoms with Crippen molar-refractivity contribution in [1.82, 2.24) is 20.2 Å². The molecule has 5 nitrogen and oxygen atoms in total. The molecule has 0 fully saturated rings. The van der Waals surface area contributed by atoms with Crippen LogP contribution in [-0.4, -0.2) is 33.9 Å². The Morgan fingerprint density at radius 1 is 1.18 bits per heavy atom. The lowest BCUT2D eigenvalue weighted by Gasteiger charge is -2.32. The van der Waals surface area contributed by atoms with Crippen LogP contribution in [0.4, 0.5) is 0 Å². The number of unbranched alkanes of at least 4 members (excludes halogenated alkanes) is 1. The highest BCUT2D eigenvalue weighted by Gasteiger charge is 2.31. The predicted molar refractivity (Wildman–Crippen MR) is 135 cm³/mol. The van der Waals surface area contributed by atoms with Gasteiger partial charge in [-0.25, -0.2) is 0 Å². The summed E-state index contributed by atoms with van der Waals surface area (Å²) in [6.07, 6.45) is 9.86. The number of carbonyl (C=O) groups is 1. The van der Waals surface area contributed by atoms with Crippen molar-refractivity contribution in [2.45, 2.75) is 51.6 Å². The maximum absolute atomic E-state index is 12.7. The molecule has 0 saturated heterocycles. The molecule has 7 heteroatoms. The molecule has 4 rings (SSSR count). The molecule has 178 valence electrons. The van der Waals surface area contributed by atoms with Gasteiger partial charge in [-0.1, -0.05) is 25.5 Å². The van der Waals surface area contributed by atoms with Crippen molar-refractivity contribution in [3.05, 3.63) is 92.4 Å². The maximum Gasteiger partial charge on any atom is 0.225 e. The zero-order valence-electron chi connectivity index (χ0n) is 19.5. The second-order valence-corrected chi connectivity index (χ2v) is 10.1. The number of pyridine rings is 2. The molecule has 1 aliphatic rings. The van der Waals surface area contributed by atoms with Gasteiger partial charge in [-0.15, -0.1) is 0 Å². The van der Waals surface area contributed by atoms with Gasteiger partial charge in [0.1, 0.15) is 0 Å². The number of aromatic nitrogens is 2. The van der Waals surface area contributed by atoms with Crippen LogP contribution in [0.1, 0.15) is 60.2 Å². The zero-order valence-corrected chi connectivity index (χ0v) is 21.9. The number of nitrogens with zero attached hydrogens (tertiary/aromatic N) is 3. The van der Waals surface area contributed by atoms with Gasteiger partial charge in [-0.3, -0.25) is 19.7 Å². The van der Waals surface area contributed by atoms with Crippen LogP contribution in [0, 0.1) is 11.6 Å². The summed E-state index contributed by atoms with van der Waals surface area (Å²) in [7, 11) is 0. The topological polar surface area (TPSA) is 58.1 Å². The molecule has 1 unspecified atom stereocenters. The monoisotopic (exact) mass is 541 g/mol. The molecule has 3 aromatic rings. The lowest BCUT2D eigenvalue weighted by atomic mass is 9.96. The van der Waals surface area contributed by atoms with E-state index in [-0.39, 0.29) is 11.9 Å². The van der Waals surface area contributed by atoms with Crippen LogP contribution < -0.4 is 5.32 Å². The fourth-order valence-corrected chi connectivity index (χ4v) is 5.15. The molecule has 0 spiro atoms. The highest BCUT2D eigenvalue weighted by Crippen LogP contribution is 2.37. The molecule has 0 radical (unpaired) electrons. The third-order valence-electron chi connectivity index (χ3n) is 6.30. The number of nitrogens with one attached hydrogen (secondary N) is 1. The highest BCUT2D eigenvalue weighted by molar-refractivity contribution is 9.10. The molecule has 1 amide bonds. The average molecular weight is 543 g/mol. The van der Waals surface area contributed by atoms with E-state index in [4.69, 9.17) is 16.6 Å². The summed E-state index contributed by atoms with van der Waals surface area (Å²) < 4.78 is 0.995. The highest BCUT2D eigenvalue weighted by atomic mass is 79.9. The SMILES string of the molecule is CCCCN(CCC(=O)NCc1cccnc1)C1c2ccc([ClH+])cc2CCc2cc(Br)cnc21. The van der Waals surface area contributed by atoms with Crippen LogP contribution in [0.5, 0.6) is 0 Å². The summed E-state index contributed by atoms with van der Waals surface area (Å²) in [5.74, 6) is 0.0455. The Hall–Kier alpha value is -2.28. The summed E-state index contributed by atoms with van der Waals surface area (Å²) >= 11 is 9.08. The summed E-state index contributed by atoms with van der Waals surface area (Å²) in [4.78, 5) is 24.2. The lowest BCUT2D eigenvalue weighted by molar-refractivity contribution is -0.289. The van der Waals surface area contributed by atoms with Crippen LogP contribution in [0.15, 0.2) is 59.5 Å². The van der Waals surface area contributed by atoms with E-state index in [1.807, 2.05) is 24.4 Å². The first kappa shape index (κ1) is 24.8. The number of fused-ring (bicyclic) bond motifs is 2. The summed E-state index contributed by atoms with van der Waals surface area (Å²) in [6, 6.07) is 12.4. The third kappa shape index (κ3) is 6.23. The summed E-state index contributed by atoms with van der Waals surface area (Å²) in [5, 5.41) is 3.91. The van der Waals surface area contributed by atoms with Gasteiger partial charge in [-0.05, 0) is 76.1 Å². The van der Waals surface area contributed by atoms with Crippen molar-refractivity contribution in [1.29, 1.82) is 0 Å². The predicted octanol–water partition coefficient (Wildman–Crippen LogP) is 4.93. The van der Waals surface area contributed by atoms with Crippen LogP contribution in [0.25, 0.3) is 0 Å². The first-order chi connectivity index (χ1) is 16.5. The van der Waals surface area contributed by atoms with Crippen molar-refractivity contribution in [2.75, 3.05) is 13.1 Å². The van der Waals surface area contributed by atoms with Crippen molar-refractivity contribution >= 4 is 21.8 Å². The number of aryl methyl sites for hydroxylation is 2. The van der Waals surface area contributed by atoms with E-state index >= 15 is 0 Å². The minimum atomic E-state index is 0.00822. The zero-order chi connectivity index (χ0) is 23.9. The molecular weight excluding hydrogens is 512 g/mol. The third-order valence-corrected chi connectivity index (χ3v) is 6.99. The van der Waals surface area contributed by atoms with Crippen molar-refractivity contribution in [3.8, 4) is 0 Å². The molecule has 34 heavy (non-hydrogen) atoms. The van der Waals surface area contributed by atoms with Gasteiger partial charge in [0.25, 0.3) is 0 Å². The summed E-state index contributed by atoms with van der Waals surface area (Å²) in [6.45, 7) is 4.26. The van der Waals surface area contributed by atoms with Crippen molar-refractivity contribution in [2.24, 2.45) is 0 Å². The van der Waals surface area contributed by atoms with Gasteiger partial charge in [0, 0.05) is 54.7 Å². The minimum absolute atomic E-state index is 0.00822. The Morgan fingerprint density at radius 3 is 2.82 bits per heavy atom. The number of rotatable bonds is 9. The van der Waals surface area contributed by atoms with E-state index in [2.05, 4.69) is 56.3 Å². The second kappa shape index (κ2) is 11.9. The number of halogens is 2. The molecule has 1 atom stereocenters. The Labute approximate surface area is 215 Å². The number of hydrogen-bond acceptors (Lipinski definition) is 4. The Morgan fingerprint density at radius 2 is 2.03 bits per heavy atom. The maximum atomic E-state index is 12.7. The van der Waals surface area contributed by atoms with Crippen LogP contribution in [0.3, 0.4) is 0 Å². The number of carbonyl (C=O) groups excluding carboxylic acids is 1. The standard InChI is InChI=1S/C27H30BrClN4O/c1-2-3-12-33(13-10-25(34)31-17-19-5-4-11-30-16-19)27-24-9-8-23(29)15-20(24)6-7-21-14-22(28)18-32-26(21)27/h4-5,8-9,11,14-16,18,27,29H,2-3,6-7,10,12-13,17H2,1H3/p+1. The Kier molecular flexibility index (Phi) is 8.70. The van der Waals surface area contributed by atoms with E-state index < -0.39 is 0 Å². The summed E-state index contributed by atoms with van der Waals surface area (Å²) in [5.41, 5.74) is 5.89. The molecule has 2 heterocycles. The quantitative estimate of drug-likeness (QED) is 0.416. The molecule has 2 aromatic heterocycles. The van der Waals surface area contributed by atoms with Gasteiger partial charge in [0.2, 0.25) is 10.9 Å². The molecule has 0 bridgehead atoms. The number of benzene rings is 1. The number of amides is 1. The van der Waals surface area contributed by atoms with E-state index in [0.29, 0.717) is 19.5 Å². The Bertz CT molecular complexity index is 1070. The van der Waals surface area contributed by atoms with Crippen LogP contribution >= 0.6 is 15.9 Å². The fraction of sp³-hybridized carbons (Fsp3) is 0.370. The van der Waals surface area contributed by atoms with Crippen molar-refractivity contribution < 1.29 is 16.4 Å². The van der Waals surface area contributed by atoms with Crippen molar-refractivity contribution in [3.63, 3.8) is 0 Å². The smallest absolute Gasteiger partial charge is 0.225 e. The van der Waals surface area contributed by atoms with Gasteiger partial charge in [-0.2, -0.15) is 0 Å². The molecule has 1 aliphatic carbocycles. The lowest BCUT2D eigenvalue weighted by Crippen LogP contribution is -2.35. The Balaban J connectivity index is 1.58. The average Bonchev–Trinajstić information content (AvgIpc) is 3.00.